The average Bonchev–Trinajstić information content (AvgIpc) is 2.87. The lowest BCUT2D eigenvalue weighted by Gasteiger charge is -2.26. The van der Waals surface area contributed by atoms with Gasteiger partial charge in [0, 0.05) is 18.4 Å². The van der Waals surface area contributed by atoms with Gasteiger partial charge in [-0.25, -0.2) is 9.59 Å². The van der Waals surface area contributed by atoms with Crippen LogP contribution in [-0.4, -0.2) is 39.8 Å². The van der Waals surface area contributed by atoms with Crippen molar-refractivity contribution in [2.45, 2.75) is 6.42 Å². The number of carbonyl (C=O) groups excluding carboxylic acids is 2. The summed E-state index contributed by atoms with van der Waals surface area (Å²) >= 11 is 0. The number of aromatic carboxylic acids is 1. The molecule has 8 nitrogen and oxygen atoms in total. The van der Waals surface area contributed by atoms with Crippen molar-refractivity contribution >= 4 is 34.5 Å². The lowest BCUT2D eigenvalue weighted by molar-refractivity contribution is -0.120. The van der Waals surface area contributed by atoms with E-state index in [-0.39, 0.29) is 24.4 Å². The highest BCUT2D eigenvalue weighted by atomic mass is 16.4. The Hall–Kier alpha value is -2.90. The average molecular weight is 274 g/mol. The number of rotatable bonds is 2. The smallest absolute Gasteiger partial charge is 0.336 e. The molecule has 3 rings (SSSR count). The van der Waals surface area contributed by atoms with Crippen molar-refractivity contribution in [3.05, 3.63) is 23.9 Å². The molecule has 2 aromatic rings. The Bertz CT molecular complexity index is 736. The van der Waals surface area contributed by atoms with E-state index in [1.807, 2.05) is 0 Å². The summed E-state index contributed by atoms with van der Waals surface area (Å²) in [5.74, 6) is -1.39. The highest BCUT2D eigenvalue weighted by Crippen LogP contribution is 2.28. The Morgan fingerprint density at radius 2 is 2.15 bits per heavy atom. The molecule has 1 aliphatic heterocycles. The standard InChI is InChI=1S/C12H10N4O4/c17-9-3-4-16(12(20)14-9)8-2-1-6(11(18)19)7-5-13-15-10(7)8/h1-2,5H,3-4H2,(H,13,15)(H,18,19)(H,14,17,20). The number of hydrogen-bond donors (Lipinski definition) is 3. The summed E-state index contributed by atoms with van der Waals surface area (Å²) < 4.78 is 0. The molecule has 2 heterocycles. The van der Waals surface area contributed by atoms with E-state index in [9.17, 15) is 14.4 Å². The van der Waals surface area contributed by atoms with Crippen LogP contribution < -0.4 is 10.2 Å². The quantitative estimate of drug-likeness (QED) is 0.745. The van der Waals surface area contributed by atoms with E-state index in [0.717, 1.165) is 0 Å². The first-order valence-corrected chi connectivity index (χ1v) is 5.88. The van der Waals surface area contributed by atoms with Gasteiger partial charge in [0.1, 0.15) is 0 Å². The molecule has 0 atom stereocenters. The Balaban J connectivity index is 2.11. The second kappa shape index (κ2) is 4.34. The largest absolute Gasteiger partial charge is 0.478 e. The van der Waals surface area contributed by atoms with Gasteiger partial charge in [-0.15, -0.1) is 0 Å². The summed E-state index contributed by atoms with van der Waals surface area (Å²) in [5.41, 5.74) is 1.05. The number of urea groups is 1. The van der Waals surface area contributed by atoms with E-state index < -0.39 is 12.0 Å². The van der Waals surface area contributed by atoms with Crippen LogP contribution >= 0.6 is 0 Å². The summed E-state index contributed by atoms with van der Waals surface area (Å²) in [7, 11) is 0. The van der Waals surface area contributed by atoms with E-state index in [4.69, 9.17) is 5.11 Å². The van der Waals surface area contributed by atoms with E-state index in [1.54, 1.807) is 0 Å². The zero-order chi connectivity index (χ0) is 14.3. The van der Waals surface area contributed by atoms with Crippen molar-refractivity contribution in [3.8, 4) is 0 Å². The Kier molecular flexibility index (Phi) is 2.63. The molecular weight excluding hydrogens is 264 g/mol. The van der Waals surface area contributed by atoms with Crippen LogP contribution in [0.1, 0.15) is 16.8 Å². The number of benzene rings is 1. The Morgan fingerprint density at radius 3 is 2.85 bits per heavy atom. The fraction of sp³-hybridized carbons (Fsp3) is 0.167. The maximum absolute atomic E-state index is 11.8. The fourth-order valence-corrected chi connectivity index (χ4v) is 2.23. The number of amides is 3. The maximum atomic E-state index is 11.8. The van der Waals surface area contributed by atoms with Crippen LogP contribution in [0.5, 0.6) is 0 Å². The Morgan fingerprint density at radius 1 is 1.35 bits per heavy atom. The van der Waals surface area contributed by atoms with Crippen LogP contribution in [-0.2, 0) is 4.79 Å². The van der Waals surface area contributed by atoms with Gasteiger partial charge in [0.15, 0.2) is 0 Å². The number of carboxylic acids is 1. The van der Waals surface area contributed by atoms with Crippen LogP contribution in [0.4, 0.5) is 10.5 Å². The van der Waals surface area contributed by atoms with Crippen molar-refractivity contribution in [1.82, 2.24) is 15.5 Å². The third-order valence-electron chi connectivity index (χ3n) is 3.17. The number of nitrogens with one attached hydrogen (secondary N) is 2. The van der Waals surface area contributed by atoms with Crippen molar-refractivity contribution in [2.24, 2.45) is 0 Å². The molecule has 0 bridgehead atoms. The Labute approximate surface area is 112 Å². The van der Waals surface area contributed by atoms with E-state index in [2.05, 4.69) is 15.5 Å². The highest BCUT2D eigenvalue weighted by molar-refractivity contribution is 6.12. The molecule has 102 valence electrons. The van der Waals surface area contributed by atoms with Crippen LogP contribution in [0.15, 0.2) is 18.3 Å². The molecule has 1 saturated heterocycles. The normalized spacial score (nSPS) is 15.5. The second-order valence-electron chi connectivity index (χ2n) is 4.35. The van der Waals surface area contributed by atoms with Crippen LogP contribution in [0.25, 0.3) is 10.9 Å². The predicted molar refractivity (Wildman–Crippen MR) is 68.6 cm³/mol. The minimum Gasteiger partial charge on any atom is -0.478 e. The summed E-state index contributed by atoms with van der Waals surface area (Å²) in [4.78, 5) is 35.5. The molecule has 0 aliphatic carbocycles. The second-order valence-corrected chi connectivity index (χ2v) is 4.35. The van der Waals surface area contributed by atoms with Gasteiger partial charge in [0.05, 0.1) is 23.0 Å². The zero-order valence-electron chi connectivity index (χ0n) is 10.2. The first-order valence-electron chi connectivity index (χ1n) is 5.88. The molecule has 1 aromatic carbocycles. The number of imide groups is 1. The lowest BCUT2D eigenvalue weighted by Crippen LogP contribution is -2.49. The SMILES string of the molecule is O=C1CCN(c2ccc(C(=O)O)c3cn[nH]c23)C(=O)N1. The molecule has 0 spiro atoms. The topological polar surface area (TPSA) is 115 Å². The molecule has 1 aromatic heterocycles. The minimum atomic E-state index is -1.07. The number of anilines is 1. The molecule has 20 heavy (non-hydrogen) atoms. The third-order valence-corrected chi connectivity index (χ3v) is 3.17. The lowest BCUT2D eigenvalue weighted by atomic mass is 10.1. The van der Waals surface area contributed by atoms with Gasteiger partial charge < -0.3 is 5.11 Å². The van der Waals surface area contributed by atoms with Gasteiger partial charge in [-0.3, -0.25) is 20.1 Å². The van der Waals surface area contributed by atoms with Crippen LogP contribution in [0, 0.1) is 0 Å². The van der Waals surface area contributed by atoms with Gasteiger partial charge in [-0.05, 0) is 12.1 Å². The van der Waals surface area contributed by atoms with Gasteiger partial charge >= 0.3 is 12.0 Å². The van der Waals surface area contributed by atoms with Crippen LogP contribution in [0.3, 0.4) is 0 Å². The summed E-state index contributed by atoms with van der Waals surface area (Å²) in [6.07, 6.45) is 1.59. The molecule has 3 amide bonds. The first-order chi connectivity index (χ1) is 9.58. The molecule has 0 saturated carbocycles. The minimum absolute atomic E-state index is 0.103. The molecule has 1 fully saturated rings. The van der Waals surface area contributed by atoms with Gasteiger partial charge in [-0.2, -0.15) is 5.10 Å². The monoisotopic (exact) mass is 274 g/mol. The highest BCUT2D eigenvalue weighted by Gasteiger charge is 2.26. The summed E-state index contributed by atoms with van der Waals surface area (Å²) in [5, 5.41) is 18.3. The molecule has 3 N–H and O–H groups in total. The fourth-order valence-electron chi connectivity index (χ4n) is 2.23. The number of carboxylic acid groups (broad SMARTS) is 1. The van der Waals surface area contributed by atoms with Crippen molar-refractivity contribution in [3.63, 3.8) is 0 Å². The van der Waals surface area contributed by atoms with Crippen molar-refractivity contribution in [2.75, 3.05) is 11.4 Å². The van der Waals surface area contributed by atoms with Crippen molar-refractivity contribution in [1.29, 1.82) is 0 Å². The number of aromatic amines is 1. The number of hydrogen-bond acceptors (Lipinski definition) is 4. The number of carbonyl (C=O) groups is 3. The summed E-state index contributed by atoms with van der Waals surface area (Å²) in [6, 6.07) is 2.42. The number of fused-ring (bicyclic) bond motifs is 1. The molecule has 0 unspecified atom stereocenters. The van der Waals surface area contributed by atoms with Crippen LogP contribution in [0.2, 0.25) is 0 Å². The number of H-pyrrole nitrogens is 1. The summed E-state index contributed by atoms with van der Waals surface area (Å²) in [6.45, 7) is 0.241. The maximum Gasteiger partial charge on any atom is 0.336 e. The number of nitrogens with zero attached hydrogens (tertiary/aromatic N) is 2. The predicted octanol–water partition coefficient (Wildman–Crippen LogP) is 0.707. The molecule has 0 radical (unpaired) electrons. The van der Waals surface area contributed by atoms with Gasteiger partial charge in [0.2, 0.25) is 5.91 Å². The third kappa shape index (κ3) is 1.78. The number of aromatic nitrogens is 2. The van der Waals surface area contributed by atoms with Gasteiger partial charge in [-0.1, -0.05) is 0 Å². The zero-order valence-corrected chi connectivity index (χ0v) is 10.2. The van der Waals surface area contributed by atoms with E-state index in [0.29, 0.717) is 16.6 Å². The van der Waals surface area contributed by atoms with Gasteiger partial charge in [0.25, 0.3) is 0 Å². The van der Waals surface area contributed by atoms with E-state index >= 15 is 0 Å². The van der Waals surface area contributed by atoms with E-state index in [1.165, 1.54) is 23.2 Å². The molecule has 8 heteroatoms. The molecule has 1 aliphatic rings. The first kappa shape index (κ1) is 12.2. The van der Waals surface area contributed by atoms with Crippen molar-refractivity contribution < 1.29 is 19.5 Å². The molecular formula is C12H10N4O4.